The van der Waals surface area contributed by atoms with Crippen molar-refractivity contribution in [3.05, 3.63) is 47.5 Å². The van der Waals surface area contributed by atoms with Crippen molar-refractivity contribution in [2.75, 3.05) is 5.75 Å². The summed E-state index contributed by atoms with van der Waals surface area (Å²) in [5.41, 5.74) is 0.923. The minimum absolute atomic E-state index is 0.170. The molecule has 1 atom stereocenters. The summed E-state index contributed by atoms with van der Waals surface area (Å²) in [4.78, 5) is 0. The first kappa shape index (κ1) is 16.1. The van der Waals surface area contributed by atoms with Crippen molar-refractivity contribution in [3.63, 3.8) is 0 Å². The van der Waals surface area contributed by atoms with Crippen LogP contribution in [0.15, 0.2) is 30.3 Å². The monoisotopic (exact) mass is 335 g/mol. The molecule has 1 fully saturated rings. The first-order valence-electron chi connectivity index (χ1n) is 7.77. The molecule has 0 bridgehead atoms. The summed E-state index contributed by atoms with van der Waals surface area (Å²) in [6, 6.07) is 9.73. The highest BCUT2D eigenvalue weighted by molar-refractivity contribution is 7.90. The van der Waals surface area contributed by atoms with Crippen LogP contribution < -0.4 is 0 Å². The normalized spacial score (nSPS) is 16.4. The van der Waals surface area contributed by atoms with E-state index in [0.29, 0.717) is 18.3 Å². The van der Waals surface area contributed by atoms with E-state index < -0.39 is 15.9 Å². The Morgan fingerprint density at radius 3 is 2.61 bits per heavy atom. The highest BCUT2D eigenvalue weighted by atomic mass is 32.2. The maximum absolute atomic E-state index is 12.4. The summed E-state index contributed by atoms with van der Waals surface area (Å²) in [7, 11) is -3.44. The van der Waals surface area contributed by atoms with Crippen molar-refractivity contribution < 1.29 is 13.5 Å². The number of hydrogen-bond acceptors (Lipinski definition) is 5. The summed E-state index contributed by atoms with van der Waals surface area (Å²) < 4.78 is 26.6. The number of rotatable bonds is 7. The fourth-order valence-corrected chi connectivity index (χ4v) is 4.23. The average Bonchev–Trinajstić information content (AvgIpc) is 3.24. The van der Waals surface area contributed by atoms with Gasteiger partial charge in [0.1, 0.15) is 17.4 Å². The Bertz CT molecular complexity index is 767. The van der Waals surface area contributed by atoms with E-state index in [-0.39, 0.29) is 11.5 Å². The van der Waals surface area contributed by atoms with Crippen molar-refractivity contribution >= 4 is 9.84 Å². The third-order valence-corrected chi connectivity index (χ3v) is 5.55. The molecule has 23 heavy (non-hydrogen) atoms. The van der Waals surface area contributed by atoms with Crippen molar-refractivity contribution in [1.29, 1.82) is 0 Å². The molecule has 7 heteroatoms. The van der Waals surface area contributed by atoms with Gasteiger partial charge in [-0.2, -0.15) is 0 Å². The molecule has 1 aliphatic rings. The Kier molecular flexibility index (Phi) is 4.50. The molecule has 1 N–H and O–H groups in total. The van der Waals surface area contributed by atoms with Gasteiger partial charge in [-0.25, -0.2) is 8.42 Å². The fourth-order valence-electron chi connectivity index (χ4n) is 2.81. The molecule has 0 saturated heterocycles. The highest BCUT2D eigenvalue weighted by Crippen LogP contribution is 2.36. The Morgan fingerprint density at radius 1 is 1.26 bits per heavy atom. The molecule has 2 aromatic rings. The highest BCUT2D eigenvalue weighted by Gasteiger charge is 2.30. The Morgan fingerprint density at radius 2 is 1.96 bits per heavy atom. The lowest BCUT2D eigenvalue weighted by Crippen LogP contribution is -2.25. The molecule has 0 aliphatic heterocycles. The van der Waals surface area contributed by atoms with Crippen molar-refractivity contribution in [1.82, 2.24) is 14.8 Å². The zero-order valence-corrected chi connectivity index (χ0v) is 13.9. The van der Waals surface area contributed by atoms with E-state index in [9.17, 15) is 13.5 Å². The summed E-state index contributed by atoms with van der Waals surface area (Å²) in [5.74, 6) is 0.800. The average molecular weight is 335 g/mol. The second-order valence-corrected chi connectivity index (χ2v) is 8.27. The number of aromatic nitrogens is 3. The van der Waals surface area contributed by atoms with Gasteiger partial charge < -0.3 is 9.67 Å². The molecule has 1 heterocycles. The van der Waals surface area contributed by atoms with Crippen LogP contribution >= 0.6 is 0 Å². The molecule has 1 aliphatic carbocycles. The van der Waals surface area contributed by atoms with Gasteiger partial charge in [0.05, 0.1) is 11.9 Å². The van der Waals surface area contributed by atoms with Crippen molar-refractivity contribution in [2.24, 2.45) is 0 Å². The smallest absolute Gasteiger partial charge is 0.160 e. The van der Waals surface area contributed by atoms with Crippen LogP contribution in [0.5, 0.6) is 0 Å². The van der Waals surface area contributed by atoms with Crippen LogP contribution in [0.4, 0.5) is 0 Å². The van der Waals surface area contributed by atoms with Gasteiger partial charge in [-0.15, -0.1) is 10.2 Å². The van der Waals surface area contributed by atoms with Crippen LogP contribution in [-0.2, 0) is 22.0 Å². The lowest BCUT2D eigenvalue weighted by molar-refractivity contribution is 0.198. The molecule has 1 saturated carbocycles. The number of aliphatic hydroxyl groups excluding tert-OH is 1. The molecule has 1 aromatic heterocycles. The first-order chi connectivity index (χ1) is 10.9. The van der Waals surface area contributed by atoms with Crippen LogP contribution in [-0.4, -0.2) is 40.1 Å². The summed E-state index contributed by atoms with van der Waals surface area (Å²) in [5, 5.41) is 18.1. The van der Waals surface area contributed by atoms with E-state index in [1.807, 2.05) is 41.8 Å². The molecule has 3 rings (SSSR count). The number of hydrogen-bond donors (Lipinski definition) is 1. The Labute approximate surface area is 136 Å². The lowest BCUT2D eigenvalue weighted by atomic mass is 10.1. The van der Waals surface area contributed by atoms with Gasteiger partial charge in [0.2, 0.25) is 0 Å². The van der Waals surface area contributed by atoms with Crippen LogP contribution in [0.25, 0.3) is 0 Å². The molecule has 1 unspecified atom stereocenters. The van der Waals surface area contributed by atoms with Crippen LogP contribution in [0.2, 0.25) is 0 Å². The molecular weight excluding hydrogens is 314 g/mol. The fraction of sp³-hybridized carbons (Fsp3) is 0.500. The quantitative estimate of drug-likeness (QED) is 0.827. The summed E-state index contributed by atoms with van der Waals surface area (Å²) in [6.45, 7) is 1.84. The van der Waals surface area contributed by atoms with Gasteiger partial charge in [0, 0.05) is 6.04 Å². The predicted octanol–water partition coefficient (Wildman–Crippen LogP) is 1.44. The number of sulfone groups is 1. The maximum Gasteiger partial charge on any atom is 0.160 e. The first-order valence-corrected chi connectivity index (χ1v) is 9.59. The largest absolute Gasteiger partial charge is 0.392 e. The zero-order valence-electron chi connectivity index (χ0n) is 13.1. The SMILES string of the molecule is Cc1nnc(CS(=O)(=O)CC(O)Cc2ccccc2)n1C1CC1. The van der Waals surface area contributed by atoms with Gasteiger partial charge in [0.25, 0.3) is 0 Å². The summed E-state index contributed by atoms with van der Waals surface area (Å²) >= 11 is 0. The number of aliphatic hydroxyl groups is 1. The van der Waals surface area contributed by atoms with Crippen molar-refractivity contribution in [2.45, 2.75) is 44.1 Å². The van der Waals surface area contributed by atoms with E-state index in [4.69, 9.17) is 0 Å². The number of nitrogens with zero attached hydrogens (tertiary/aromatic N) is 3. The van der Waals surface area contributed by atoms with Gasteiger partial charge in [-0.1, -0.05) is 30.3 Å². The second kappa shape index (κ2) is 6.41. The van der Waals surface area contributed by atoms with E-state index in [1.165, 1.54) is 0 Å². The molecule has 124 valence electrons. The van der Waals surface area contributed by atoms with Crippen LogP contribution in [0, 0.1) is 6.92 Å². The van der Waals surface area contributed by atoms with Gasteiger partial charge in [-0.05, 0) is 31.7 Å². The predicted molar refractivity (Wildman–Crippen MR) is 86.7 cm³/mol. The van der Waals surface area contributed by atoms with E-state index >= 15 is 0 Å². The van der Waals surface area contributed by atoms with Crippen LogP contribution in [0.3, 0.4) is 0 Å². The lowest BCUT2D eigenvalue weighted by Gasteiger charge is -2.12. The summed E-state index contributed by atoms with van der Waals surface area (Å²) in [6.07, 6.45) is 1.50. The number of aryl methyl sites for hydroxylation is 1. The minimum Gasteiger partial charge on any atom is -0.392 e. The molecule has 6 nitrogen and oxygen atoms in total. The molecule has 1 aromatic carbocycles. The molecular formula is C16H21N3O3S. The third kappa shape index (κ3) is 4.17. The topological polar surface area (TPSA) is 85.1 Å². The van der Waals surface area contributed by atoms with Crippen LogP contribution in [0.1, 0.15) is 36.1 Å². The second-order valence-electron chi connectivity index (χ2n) is 6.16. The van der Waals surface area contributed by atoms with E-state index in [0.717, 1.165) is 24.2 Å². The molecule has 0 amide bonds. The van der Waals surface area contributed by atoms with E-state index in [2.05, 4.69) is 10.2 Å². The minimum atomic E-state index is -3.44. The molecule has 0 radical (unpaired) electrons. The zero-order chi connectivity index (χ0) is 16.4. The Balaban J connectivity index is 1.65. The third-order valence-electron chi connectivity index (χ3n) is 3.96. The maximum atomic E-state index is 12.4. The molecule has 0 spiro atoms. The number of benzene rings is 1. The van der Waals surface area contributed by atoms with E-state index in [1.54, 1.807) is 0 Å². The Hall–Kier alpha value is -1.73. The van der Waals surface area contributed by atoms with Gasteiger partial charge in [0.15, 0.2) is 9.84 Å². The van der Waals surface area contributed by atoms with Gasteiger partial charge >= 0.3 is 0 Å². The van der Waals surface area contributed by atoms with Crippen molar-refractivity contribution in [3.8, 4) is 0 Å². The standard InChI is InChI=1S/C16H21N3O3S/c1-12-17-18-16(19(12)14-7-8-14)11-23(21,22)10-15(20)9-13-5-3-2-4-6-13/h2-6,14-15,20H,7-11H2,1H3. The van der Waals surface area contributed by atoms with Gasteiger partial charge in [-0.3, -0.25) is 0 Å².